The van der Waals surface area contributed by atoms with Crippen LogP contribution in [0.4, 0.5) is 5.69 Å². The van der Waals surface area contributed by atoms with E-state index in [1.807, 2.05) is 31.2 Å². The lowest BCUT2D eigenvalue weighted by Crippen LogP contribution is -2.51. The van der Waals surface area contributed by atoms with Gasteiger partial charge in [-0.15, -0.1) is 0 Å². The summed E-state index contributed by atoms with van der Waals surface area (Å²) in [5.41, 5.74) is 2.15. The number of aryl methyl sites for hydroxylation is 1. The number of nitrogens with one attached hydrogen (secondary N) is 1. The Kier molecular flexibility index (Phi) is 8.03. The van der Waals surface area contributed by atoms with E-state index in [-0.39, 0.29) is 18.2 Å². The lowest BCUT2D eigenvalue weighted by atomic mass is 10.1. The van der Waals surface area contributed by atoms with Crippen LogP contribution in [-0.4, -0.2) is 63.7 Å². The fourth-order valence-corrected chi connectivity index (χ4v) is 4.76. The number of carbonyl (C=O) groups is 2. The molecule has 0 unspecified atom stereocenters. The Bertz CT molecular complexity index is 1150. The van der Waals surface area contributed by atoms with Gasteiger partial charge >= 0.3 is 0 Å². The Labute approximate surface area is 200 Å². The van der Waals surface area contributed by atoms with Crippen molar-refractivity contribution in [2.45, 2.75) is 33.4 Å². The summed E-state index contributed by atoms with van der Waals surface area (Å²) in [4.78, 5) is 27.3. The van der Waals surface area contributed by atoms with Gasteiger partial charge in [-0.1, -0.05) is 29.8 Å². The Morgan fingerprint density at radius 3 is 2.44 bits per heavy atom. The number of hydrogen-bond donors (Lipinski definition) is 1. The minimum absolute atomic E-state index is 0.163. The number of carbonyl (C=O) groups excluding carboxylic acids is 2. The largest absolute Gasteiger partial charge is 0.486 e. The van der Waals surface area contributed by atoms with Crippen LogP contribution in [0.1, 0.15) is 25.0 Å². The van der Waals surface area contributed by atoms with Crippen molar-refractivity contribution in [2.24, 2.45) is 0 Å². The molecule has 1 N–H and O–H groups in total. The second-order valence-corrected chi connectivity index (χ2v) is 10.2. The number of rotatable bonds is 9. The summed E-state index contributed by atoms with van der Waals surface area (Å²) >= 11 is 0. The Morgan fingerprint density at radius 2 is 1.79 bits per heavy atom. The van der Waals surface area contributed by atoms with Crippen LogP contribution in [0.3, 0.4) is 0 Å². The number of fused-ring (bicyclic) bond motifs is 1. The molecule has 0 saturated heterocycles. The smallest absolute Gasteiger partial charge is 0.244 e. The van der Waals surface area contributed by atoms with Crippen LogP contribution in [0.25, 0.3) is 0 Å². The molecule has 0 saturated carbocycles. The molecular formula is C24H31N3O6S. The minimum Gasteiger partial charge on any atom is -0.486 e. The third-order valence-electron chi connectivity index (χ3n) is 5.64. The summed E-state index contributed by atoms with van der Waals surface area (Å²) in [5, 5.41) is 2.56. The van der Waals surface area contributed by atoms with Crippen LogP contribution < -0.4 is 19.1 Å². The molecule has 0 aromatic heterocycles. The summed E-state index contributed by atoms with van der Waals surface area (Å²) in [6, 6.07) is 11.6. The average Bonchev–Trinajstić information content (AvgIpc) is 2.84. The van der Waals surface area contributed by atoms with Crippen molar-refractivity contribution in [2.75, 3.05) is 36.9 Å². The summed E-state index contributed by atoms with van der Waals surface area (Å²) < 4.78 is 38.2. The molecule has 0 bridgehead atoms. The summed E-state index contributed by atoms with van der Waals surface area (Å²) in [6.45, 7) is 5.54. The molecular weight excluding hydrogens is 458 g/mol. The maximum absolute atomic E-state index is 13.5. The molecule has 34 heavy (non-hydrogen) atoms. The highest BCUT2D eigenvalue weighted by Crippen LogP contribution is 2.35. The van der Waals surface area contributed by atoms with Crippen molar-refractivity contribution in [3.63, 3.8) is 0 Å². The molecule has 0 aliphatic carbocycles. The van der Waals surface area contributed by atoms with E-state index in [0.29, 0.717) is 30.4 Å². The molecule has 1 aliphatic heterocycles. The van der Waals surface area contributed by atoms with Gasteiger partial charge in [0, 0.05) is 19.7 Å². The maximum Gasteiger partial charge on any atom is 0.244 e. The van der Waals surface area contributed by atoms with Crippen molar-refractivity contribution in [3.8, 4) is 11.5 Å². The van der Waals surface area contributed by atoms with E-state index < -0.39 is 28.5 Å². The van der Waals surface area contributed by atoms with E-state index in [4.69, 9.17) is 9.47 Å². The number of hydrogen-bond acceptors (Lipinski definition) is 6. The van der Waals surface area contributed by atoms with Crippen LogP contribution >= 0.6 is 0 Å². The predicted molar refractivity (Wildman–Crippen MR) is 129 cm³/mol. The van der Waals surface area contributed by atoms with Crippen molar-refractivity contribution in [1.29, 1.82) is 0 Å². The molecule has 1 aliphatic rings. The topological polar surface area (TPSA) is 105 Å². The number of ether oxygens (including phenoxy) is 2. The zero-order valence-electron chi connectivity index (χ0n) is 19.9. The van der Waals surface area contributed by atoms with Gasteiger partial charge in [0.25, 0.3) is 0 Å². The van der Waals surface area contributed by atoms with Crippen LogP contribution in [0.2, 0.25) is 0 Å². The van der Waals surface area contributed by atoms with E-state index in [1.165, 1.54) is 18.9 Å². The van der Waals surface area contributed by atoms with E-state index in [1.54, 1.807) is 25.1 Å². The van der Waals surface area contributed by atoms with E-state index >= 15 is 0 Å². The van der Waals surface area contributed by atoms with Gasteiger partial charge in [0.2, 0.25) is 21.8 Å². The van der Waals surface area contributed by atoms with Gasteiger partial charge in [-0.3, -0.25) is 13.9 Å². The SMILES string of the molecule is CCS(=O)(=O)N(CC(=O)N(Cc1cccc(C)c1)[C@@H](C)C(=O)NC)c1ccc2c(c1)OCCO2. The molecule has 0 fully saturated rings. The third-order valence-corrected chi connectivity index (χ3v) is 7.38. The summed E-state index contributed by atoms with van der Waals surface area (Å²) in [5.74, 6) is -0.0977. The maximum atomic E-state index is 13.5. The number of sulfonamides is 1. The van der Waals surface area contributed by atoms with Crippen molar-refractivity contribution in [1.82, 2.24) is 10.2 Å². The number of anilines is 1. The van der Waals surface area contributed by atoms with Gasteiger partial charge in [-0.2, -0.15) is 0 Å². The fourth-order valence-electron chi connectivity index (χ4n) is 3.71. The van der Waals surface area contributed by atoms with Crippen LogP contribution in [0.5, 0.6) is 11.5 Å². The highest BCUT2D eigenvalue weighted by Gasteiger charge is 2.31. The third kappa shape index (κ3) is 5.80. The minimum atomic E-state index is -3.81. The van der Waals surface area contributed by atoms with E-state index in [2.05, 4.69) is 5.32 Å². The second-order valence-electron chi connectivity index (χ2n) is 8.04. The monoisotopic (exact) mass is 489 g/mol. The molecule has 9 nitrogen and oxygen atoms in total. The van der Waals surface area contributed by atoms with Gasteiger partial charge < -0.3 is 19.7 Å². The molecule has 3 rings (SSSR count). The van der Waals surface area contributed by atoms with Crippen molar-refractivity contribution in [3.05, 3.63) is 53.6 Å². The molecule has 1 atom stereocenters. The molecule has 2 amide bonds. The lowest BCUT2D eigenvalue weighted by Gasteiger charge is -2.32. The van der Waals surface area contributed by atoms with E-state index in [0.717, 1.165) is 15.4 Å². The first-order chi connectivity index (χ1) is 16.2. The standard InChI is InChI=1S/C24H31N3O6S/c1-5-34(30,31)27(20-9-10-21-22(14-20)33-12-11-32-21)16-23(28)26(18(3)24(29)25-4)15-19-8-6-7-17(2)13-19/h6-10,13-14,18H,5,11-12,15-16H2,1-4H3,(H,25,29)/t18-/m0/s1. The molecule has 10 heteroatoms. The Balaban J connectivity index is 1.95. The normalized spacial score (nSPS) is 13.6. The summed E-state index contributed by atoms with van der Waals surface area (Å²) in [6.07, 6.45) is 0. The Hall–Kier alpha value is -3.27. The van der Waals surface area contributed by atoms with Gasteiger partial charge in [-0.25, -0.2) is 8.42 Å². The average molecular weight is 490 g/mol. The first-order valence-electron chi connectivity index (χ1n) is 11.1. The number of benzene rings is 2. The first-order valence-corrected chi connectivity index (χ1v) is 12.7. The van der Waals surface area contributed by atoms with Gasteiger partial charge in [0.1, 0.15) is 25.8 Å². The zero-order chi connectivity index (χ0) is 24.9. The summed E-state index contributed by atoms with van der Waals surface area (Å²) in [7, 11) is -2.31. The van der Waals surface area contributed by atoms with Gasteiger partial charge in [-0.05, 0) is 38.5 Å². The molecule has 184 valence electrons. The Morgan fingerprint density at radius 1 is 1.09 bits per heavy atom. The molecule has 2 aromatic rings. The molecule has 0 radical (unpaired) electrons. The molecule has 2 aromatic carbocycles. The van der Waals surface area contributed by atoms with Crippen LogP contribution in [0, 0.1) is 6.92 Å². The number of nitrogens with zero attached hydrogens (tertiary/aromatic N) is 2. The fraction of sp³-hybridized carbons (Fsp3) is 0.417. The van der Waals surface area contributed by atoms with Crippen molar-refractivity contribution < 1.29 is 27.5 Å². The molecule has 1 heterocycles. The van der Waals surface area contributed by atoms with Crippen LogP contribution in [0.15, 0.2) is 42.5 Å². The quantitative estimate of drug-likeness (QED) is 0.578. The zero-order valence-corrected chi connectivity index (χ0v) is 20.7. The molecule has 0 spiro atoms. The lowest BCUT2D eigenvalue weighted by molar-refractivity contribution is -0.139. The van der Waals surface area contributed by atoms with E-state index in [9.17, 15) is 18.0 Å². The second kappa shape index (κ2) is 10.8. The first kappa shape index (κ1) is 25.4. The van der Waals surface area contributed by atoms with Gasteiger partial charge in [0.15, 0.2) is 11.5 Å². The van der Waals surface area contributed by atoms with Gasteiger partial charge in [0.05, 0.1) is 11.4 Å². The van der Waals surface area contributed by atoms with Crippen LogP contribution in [-0.2, 0) is 26.2 Å². The predicted octanol–water partition coefficient (Wildman–Crippen LogP) is 2.09. The number of amides is 2. The number of likely N-dealkylation sites (N-methyl/N-ethyl adjacent to an activating group) is 1. The highest BCUT2D eigenvalue weighted by atomic mass is 32.2. The van der Waals surface area contributed by atoms with Crippen molar-refractivity contribution >= 4 is 27.5 Å². The highest BCUT2D eigenvalue weighted by molar-refractivity contribution is 7.92.